The normalized spacial score (nSPS) is 11.8. The molecule has 0 unspecified atom stereocenters. The summed E-state index contributed by atoms with van der Waals surface area (Å²) in [4.78, 5) is 10.7. The van der Waals surface area contributed by atoms with Gasteiger partial charge in [0.05, 0.1) is 17.6 Å². The van der Waals surface area contributed by atoms with E-state index in [1.807, 2.05) is 25.3 Å². The van der Waals surface area contributed by atoms with Crippen LogP contribution in [-0.2, 0) is 10.3 Å². The molecule has 0 aliphatic heterocycles. The van der Waals surface area contributed by atoms with E-state index in [9.17, 15) is 4.79 Å². The summed E-state index contributed by atoms with van der Waals surface area (Å²) < 4.78 is 7.72. The fraction of sp³-hybridized carbons (Fsp3) is 0.417. The quantitative estimate of drug-likeness (QED) is 0.843. The monoisotopic (exact) mass is 359 g/mol. The third-order valence-corrected chi connectivity index (χ3v) is 4.02. The van der Waals surface area contributed by atoms with Gasteiger partial charge in [-0.15, -0.1) is 10.2 Å². The van der Waals surface area contributed by atoms with Crippen molar-refractivity contribution in [2.75, 3.05) is 5.75 Å². The van der Waals surface area contributed by atoms with Gasteiger partial charge in [-0.3, -0.25) is 9.36 Å². The molecule has 0 saturated carbocycles. The summed E-state index contributed by atoms with van der Waals surface area (Å²) in [6, 6.07) is 1.79. The largest absolute Gasteiger partial charge is 0.481 e. The van der Waals surface area contributed by atoms with Crippen molar-refractivity contribution in [3.05, 3.63) is 17.0 Å². The Labute approximate surface area is 128 Å². The van der Waals surface area contributed by atoms with Crippen LogP contribution in [0.15, 0.2) is 26.6 Å². The Morgan fingerprint density at radius 2 is 2.20 bits per heavy atom. The molecule has 0 spiro atoms. The van der Waals surface area contributed by atoms with Gasteiger partial charge in [0.15, 0.2) is 15.7 Å². The molecule has 1 N–H and O–H groups in total. The molecule has 2 aromatic heterocycles. The molecule has 2 rings (SSSR count). The average molecular weight is 360 g/mol. The number of thioether (sulfide) groups is 1. The SMILES string of the molecule is CC(C)(C)n1c(SCC(=O)O)nnc1-c1ccoc1Br. The zero-order valence-electron chi connectivity index (χ0n) is 11.3. The van der Waals surface area contributed by atoms with Gasteiger partial charge in [0.1, 0.15) is 0 Å². The van der Waals surface area contributed by atoms with Gasteiger partial charge in [0.2, 0.25) is 0 Å². The number of nitrogens with zero attached hydrogens (tertiary/aromatic N) is 3. The summed E-state index contributed by atoms with van der Waals surface area (Å²) >= 11 is 4.48. The minimum Gasteiger partial charge on any atom is -0.481 e. The first-order chi connectivity index (χ1) is 9.30. The van der Waals surface area contributed by atoms with Crippen molar-refractivity contribution >= 4 is 33.7 Å². The van der Waals surface area contributed by atoms with Crippen LogP contribution in [-0.4, -0.2) is 31.6 Å². The molecular weight excluding hydrogens is 346 g/mol. The van der Waals surface area contributed by atoms with E-state index in [-0.39, 0.29) is 11.3 Å². The molecule has 0 fully saturated rings. The Kier molecular flexibility index (Phi) is 4.24. The predicted molar refractivity (Wildman–Crippen MR) is 78.8 cm³/mol. The number of hydrogen-bond acceptors (Lipinski definition) is 5. The minimum absolute atomic E-state index is 0.0548. The first kappa shape index (κ1) is 15.1. The van der Waals surface area contributed by atoms with Crippen LogP contribution >= 0.6 is 27.7 Å². The molecule has 2 aromatic rings. The second kappa shape index (κ2) is 5.61. The van der Waals surface area contributed by atoms with Gasteiger partial charge in [-0.25, -0.2) is 0 Å². The highest BCUT2D eigenvalue weighted by Gasteiger charge is 2.26. The van der Waals surface area contributed by atoms with Gasteiger partial charge >= 0.3 is 5.97 Å². The summed E-state index contributed by atoms with van der Waals surface area (Å²) in [6.45, 7) is 6.04. The fourth-order valence-electron chi connectivity index (χ4n) is 1.72. The Balaban J connectivity index is 2.49. The summed E-state index contributed by atoms with van der Waals surface area (Å²) in [6.07, 6.45) is 1.56. The zero-order valence-corrected chi connectivity index (χ0v) is 13.7. The number of aromatic nitrogens is 3. The molecule has 0 amide bonds. The van der Waals surface area contributed by atoms with E-state index in [4.69, 9.17) is 9.52 Å². The molecule has 20 heavy (non-hydrogen) atoms. The minimum atomic E-state index is -0.885. The van der Waals surface area contributed by atoms with Crippen molar-refractivity contribution in [1.29, 1.82) is 0 Å². The van der Waals surface area contributed by atoms with E-state index >= 15 is 0 Å². The molecule has 108 valence electrons. The molecule has 0 saturated heterocycles. The third-order valence-electron chi connectivity index (χ3n) is 2.49. The Morgan fingerprint density at radius 1 is 1.50 bits per heavy atom. The number of aliphatic carboxylic acids is 1. The van der Waals surface area contributed by atoms with Crippen LogP contribution in [0.1, 0.15) is 20.8 Å². The average Bonchev–Trinajstić information content (AvgIpc) is 2.90. The van der Waals surface area contributed by atoms with E-state index in [1.165, 1.54) is 0 Å². The molecule has 0 bridgehead atoms. The molecule has 0 aromatic carbocycles. The van der Waals surface area contributed by atoms with Crippen LogP contribution in [0, 0.1) is 0 Å². The molecule has 0 aliphatic carbocycles. The van der Waals surface area contributed by atoms with E-state index < -0.39 is 5.97 Å². The van der Waals surface area contributed by atoms with Crippen LogP contribution in [0.4, 0.5) is 0 Å². The van der Waals surface area contributed by atoms with Gasteiger partial charge in [-0.2, -0.15) is 0 Å². The van der Waals surface area contributed by atoms with Crippen molar-refractivity contribution in [3.63, 3.8) is 0 Å². The van der Waals surface area contributed by atoms with E-state index in [1.54, 1.807) is 12.3 Å². The molecule has 2 heterocycles. The number of carboxylic acid groups (broad SMARTS) is 1. The molecule has 0 atom stereocenters. The maximum atomic E-state index is 10.7. The highest BCUT2D eigenvalue weighted by atomic mass is 79.9. The van der Waals surface area contributed by atoms with Crippen molar-refractivity contribution in [2.24, 2.45) is 0 Å². The molecule has 0 aliphatic rings. The molecule has 8 heteroatoms. The van der Waals surface area contributed by atoms with E-state index in [0.29, 0.717) is 15.7 Å². The molecule has 6 nitrogen and oxygen atoms in total. The highest BCUT2D eigenvalue weighted by Crippen LogP contribution is 2.34. The maximum Gasteiger partial charge on any atom is 0.313 e. The van der Waals surface area contributed by atoms with Crippen LogP contribution in [0.25, 0.3) is 11.4 Å². The van der Waals surface area contributed by atoms with Crippen LogP contribution in [0.5, 0.6) is 0 Å². The first-order valence-corrected chi connectivity index (χ1v) is 7.62. The summed E-state index contributed by atoms with van der Waals surface area (Å²) in [7, 11) is 0. The van der Waals surface area contributed by atoms with Crippen molar-refractivity contribution in [2.45, 2.75) is 31.5 Å². The molecule has 0 radical (unpaired) electrons. The van der Waals surface area contributed by atoms with Crippen molar-refractivity contribution < 1.29 is 14.3 Å². The summed E-state index contributed by atoms with van der Waals surface area (Å²) in [5.41, 5.74) is 0.505. The van der Waals surface area contributed by atoms with Gasteiger partial charge < -0.3 is 9.52 Å². The van der Waals surface area contributed by atoms with Crippen LogP contribution in [0.2, 0.25) is 0 Å². The van der Waals surface area contributed by atoms with Gasteiger partial charge in [-0.1, -0.05) is 11.8 Å². The van der Waals surface area contributed by atoms with Crippen molar-refractivity contribution in [1.82, 2.24) is 14.8 Å². The second-order valence-electron chi connectivity index (χ2n) is 5.10. The molecular formula is C12H14BrN3O3S. The van der Waals surface area contributed by atoms with E-state index in [2.05, 4.69) is 26.1 Å². The van der Waals surface area contributed by atoms with Crippen LogP contribution in [0.3, 0.4) is 0 Å². The second-order valence-corrected chi connectivity index (χ2v) is 6.77. The van der Waals surface area contributed by atoms with Crippen LogP contribution < -0.4 is 0 Å². The fourth-order valence-corrected chi connectivity index (χ4v) is 2.98. The Bertz CT molecular complexity index is 630. The Hall–Kier alpha value is -1.28. The van der Waals surface area contributed by atoms with Gasteiger partial charge in [0, 0.05) is 5.54 Å². The van der Waals surface area contributed by atoms with Gasteiger partial charge in [-0.05, 0) is 42.8 Å². The number of halogens is 1. The zero-order chi connectivity index (χ0) is 14.9. The lowest BCUT2D eigenvalue weighted by Gasteiger charge is -2.24. The maximum absolute atomic E-state index is 10.7. The number of carbonyl (C=O) groups is 1. The summed E-state index contributed by atoms with van der Waals surface area (Å²) in [5, 5.41) is 17.6. The predicted octanol–water partition coefficient (Wildman–Crippen LogP) is 3.23. The third kappa shape index (κ3) is 3.06. The number of carboxylic acids is 1. The lowest BCUT2D eigenvalue weighted by atomic mass is 10.1. The number of furan rings is 1. The van der Waals surface area contributed by atoms with Gasteiger partial charge in [0.25, 0.3) is 0 Å². The smallest absolute Gasteiger partial charge is 0.313 e. The summed E-state index contributed by atoms with van der Waals surface area (Å²) in [5.74, 6) is -0.295. The highest BCUT2D eigenvalue weighted by molar-refractivity contribution is 9.10. The standard InChI is InChI=1S/C12H14BrN3O3S/c1-12(2,3)16-10(7-4-5-19-9(7)13)14-15-11(16)20-6-8(17)18/h4-5H,6H2,1-3H3,(H,17,18). The number of rotatable bonds is 4. The topological polar surface area (TPSA) is 81.2 Å². The lowest BCUT2D eigenvalue weighted by molar-refractivity contribution is -0.133. The number of hydrogen-bond donors (Lipinski definition) is 1. The first-order valence-electron chi connectivity index (χ1n) is 5.84. The Morgan fingerprint density at radius 3 is 2.70 bits per heavy atom. The van der Waals surface area contributed by atoms with E-state index in [0.717, 1.165) is 17.3 Å². The van der Waals surface area contributed by atoms with Crippen molar-refractivity contribution in [3.8, 4) is 11.4 Å². The lowest BCUT2D eigenvalue weighted by Crippen LogP contribution is -2.24.